The highest BCUT2D eigenvalue weighted by Gasteiger charge is 2.17. The number of phenolic OH excluding ortho intramolecular Hbond substituents is 1. The van der Waals surface area contributed by atoms with Gasteiger partial charge in [0.1, 0.15) is 5.75 Å². The average Bonchev–Trinajstić information content (AvgIpc) is 2.53. The van der Waals surface area contributed by atoms with Crippen LogP contribution in [0.3, 0.4) is 0 Å². The number of hydrogen-bond donors (Lipinski definition) is 2. The molecule has 1 heterocycles. The molecule has 0 radical (unpaired) electrons. The van der Waals surface area contributed by atoms with Crippen molar-refractivity contribution in [1.29, 1.82) is 0 Å². The SMILES string of the molecule is CCC(CC)Nc1nc(C)c(-c2ccc(O)cc2Cl)nc1OC. The van der Waals surface area contributed by atoms with Crippen molar-refractivity contribution in [2.24, 2.45) is 0 Å². The Hall–Kier alpha value is -2.01. The normalized spacial score (nSPS) is 10.9. The number of ether oxygens (including phenoxy) is 1. The Kier molecular flexibility index (Phi) is 5.66. The van der Waals surface area contributed by atoms with Crippen molar-refractivity contribution in [1.82, 2.24) is 9.97 Å². The molecule has 23 heavy (non-hydrogen) atoms. The second-order valence-electron chi connectivity index (χ2n) is 5.34. The molecule has 0 aliphatic rings. The molecule has 0 aliphatic heterocycles. The van der Waals surface area contributed by atoms with Crippen LogP contribution in [0, 0.1) is 6.92 Å². The molecule has 1 aromatic heterocycles. The number of methoxy groups -OCH3 is 1. The fourth-order valence-corrected chi connectivity index (χ4v) is 2.64. The number of nitrogens with zero attached hydrogens (tertiary/aromatic N) is 2. The number of aromatic nitrogens is 2. The predicted octanol–water partition coefficient (Wildman–Crippen LogP) is 4.42. The van der Waals surface area contributed by atoms with E-state index >= 15 is 0 Å². The van der Waals surface area contributed by atoms with Crippen LogP contribution in [0.1, 0.15) is 32.4 Å². The van der Waals surface area contributed by atoms with E-state index < -0.39 is 0 Å². The number of nitrogens with one attached hydrogen (secondary N) is 1. The third-order valence-corrected chi connectivity index (χ3v) is 4.08. The van der Waals surface area contributed by atoms with E-state index in [0.717, 1.165) is 18.5 Å². The standard InChI is InChI=1S/C17H22ClN3O2/c1-5-11(6-2)20-16-17(23-4)21-15(10(3)19-16)13-8-7-12(22)9-14(13)18/h7-9,11,22H,5-6H2,1-4H3,(H,19,20). The fraction of sp³-hybridized carbons (Fsp3) is 0.412. The molecule has 0 amide bonds. The molecule has 6 heteroatoms. The van der Waals surface area contributed by atoms with E-state index in [1.807, 2.05) is 6.92 Å². The number of anilines is 1. The third-order valence-electron chi connectivity index (χ3n) is 3.77. The molecule has 0 unspecified atom stereocenters. The summed E-state index contributed by atoms with van der Waals surface area (Å²) >= 11 is 6.22. The smallest absolute Gasteiger partial charge is 0.257 e. The molecule has 2 N–H and O–H groups in total. The Morgan fingerprint density at radius 3 is 2.52 bits per heavy atom. The number of phenols is 1. The van der Waals surface area contributed by atoms with Gasteiger partial charge >= 0.3 is 0 Å². The Labute approximate surface area is 141 Å². The van der Waals surface area contributed by atoms with Crippen molar-refractivity contribution in [3.05, 3.63) is 28.9 Å². The molecule has 0 bridgehead atoms. The van der Waals surface area contributed by atoms with Gasteiger partial charge in [0, 0.05) is 11.6 Å². The summed E-state index contributed by atoms with van der Waals surface area (Å²) in [4.78, 5) is 9.16. The van der Waals surface area contributed by atoms with Gasteiger partial charge in [-0.1, -0.05) is 25.4 Å². The van der Waals surface area contributed by atoms with Crippen LogP contribution < -0.4 is 10.1 Å². The fourth-order valence-electron chi connectivity index (χ4n) is 2.38. The molecule has 0 saturated carbocycles. The van der Waals surface area contributed by atoms with Crippen LogP contribution in [0.25, 0.3) is 11.3 Å². The van der Waals surface area contributed by atoms with Crippen LogP contribution in [0.2, 0.25) is 5.02 Å². The van der Waals surface area contributed by atoms with E-state index in [9.17, 15) is 5.11 Å². The van der Waals surface area contributed by atoms with Crippen LogP contribution in [-0.4, -0.2) is 28.2 Å². The van der Waals surface area contributed by atoms with Crippen molar-refractivity contribution < 1.29 is 9.84 Å². The van der Waals surface area contributed by atoms with Crippen molar-refractivity contribution in [2.75, 3.05) is 12.4 Å². The van der Waals surface area contributed by atoms with E-state index in [2.05, 4.69) is 29.1 Å². The minimum absolute atomic E-state index is 0.114. The Balaban J connectivity index is 2.47. The summed E-state index contributed by atoms with van der Waals surface area (Å²) in [5.41, 5.74) is 2.09. The quantitative estimate of drug-likeness (QED) is 0.817. The Bertz CT molecular complexity index is 688. The van der Waals surface area contributed by atoms with Gasteiger partial charge in [-0.2, -0.15) is 0 Å². The van der Waals surface area contributed by atoms with E-state index in [-0.39, 0.29) is 5.75 Å². The highest BCUT2D eigenvalue weighted by molar-refractivity contribution is 6.33. The molecule has 0 spiro atoms. The number of halogens is 1. The first kappa shape index (κ1) is 17.3. The number of hydrogen-bond acceptors (Lipinski definition) is 5. The second-order valence-corrected chi connectivity index (χ2v) is 5.74. The topological polar surface area (TPSA) is 67.3 Å². The first-order valence-corrected chi connectivity index (χ1v) is 8.05. The maximum absolute atomic E-state index is 9.50. The Morgan fingerprint density at radius 1 is 1.26 bits per heavy atom. The van der Waals surface area contributed by atoms with E-state index in [0.29, 0.717) is 34.0 Å². The van der Waals surface area contributed by atoms with Gasteiger partial charge in [0.25, 0.3) is 5.88 Å². The molecule has 1 aromatic carbocycles. The molecule has 5 nitrogen and oxygen atoms in total. The first-order chi connectivity index (χ1) is 11.0. The zero-order valence-corrected chi connectivity index (χ0v) is 14.6. The number of aromatic hydroxyl groups is 1. The third kappa shape index (κ3) is 3.85. The lowest BCUT2D eigenvalue weighted by Gasteiger charge is -2.18. The van der Waals surface area contributed by atoms with Crippen LogP contribution in [0.5, 0.6) is 11.6 Å². The van der Waals surface area contributed by atoms with Gasteiger partial charge in [0.15, 0.2) is 5.82 Å². The summed E-state index contributed by atoms with van der Waals surface area (Å²) in [5.74, 6) is 1.18. The van der Waals surface area contributed by atoms with Gasteiger partial charge in [0.05, 0.1) is 23.5 Å². The number of benzene rings is 1. The van der Waals surface area contributed by atoms with Gasteiger partial charge in [-0.15, -0.1) is 0 Å². The predicted molar refractivity (Wildman–Crippen MR) is 93.4 cm³/mol. The molecule has 124 valence electrons. The van der Waals surface area contributed by atoms with E-state index in [1.54, 1.807) is 19.2 Å². The van der Waals surface area contributed by atoms with Crippen molar-refractivity contribution in [3.8, 4) is 22.9 Å². The molecule has 0 fully saturated rings. The summed E-state index contributed by atoms with van der Waals surface area (Å²) in [6.07, 6.45) is 1.98. The minimum Gasteiger partial charge on any atom is -0.508 e. The van der Waals surface area contributed by atoms with Gasteiger partial charge < -0.3 is 15.2 Å². The molecule has 0 aliphatic carbocycles. The zero-order valence-electron chi connectivity index (χ0n) is 13.9. The van der Waals surface area contributed by atoms with E-state index in [4.69, 9.17) is 16.3 Å². The lowest BCUT2D eigenvalue weighted by Crippen LogP contribution is -2.19. The van der Waals surface area contributed by atoms with Crippen LogP contribution in [0.4, 0.5) is 5.82 Å². The molecule has 2 aromatic rings. The molecule has 0 atom stereocenters. The lowest BCUT2D eigenvalue weighted by molar-refractivity contribution is 0.397. The first-order valence-electron chi connectivity index (χ1n) is 7.68. The van der Waals surface area contributed by atoms with Crippen LogP contribution in [0.15, 0.2) is 18.2 Å². The largest absolute Gasteiger partial charge is 0.508 e. The average molecular weight is 336 g/mol. The highest BCUT2D eigenvalue weighted by Crippen LogP contribution is 2.34. The van der Waals surface area contributed by atoms with Crippen molar-refractivity contribution in [2.45, 2.75) is 39.7 Å². The summed E-state index contributed by atoms with van der Waals surface area (Å²) in [5, 5.41) is 13.3. The number of rotatable bonds is 6. The maximum Gasteiger partial charge on any atom is 0.257 e. The summed E-state index contributed by atoms with van der Waals surface area (Å²) in [7, 11) is 1.57. The molecular formula is C17H22ClN3O2. The number of aryl methyl sites for hydroxylation is 1. The minimum atomic E-state index is 0.114. The second kappa shape index (κ2) is 7.51. The van der Waals surface area contributed by atoms with E-state index in [1.165, 1.54) is 6.07 Å². The summed E-state index contributed by atoms with van der Waals surface area (Å²) < 4.78 is 5.39. The monoisotopic (exact) mass is 335 g/mol. The van der Waals surface area contributed by atoms with Gasteiger partial charge in [-0.25, -0.2) is 9.97 Å². The summed E-state index contributed by atoms with van der Waals surface area (Å²) in [6, 6.07) is 5.11. The molecule has 2 rings (SSSR count). The highest BCUT2D eigenvalue weighted by atomic mass is 35.5. The maximum atomic E-state index is 9.50. The van der Waals surface area contributed by atoms with Gasteiger partial charge in [-0.3, -0.25) is 0 Å². The van der Waals surface area contributed by atoms with Gasteiger partial charge in [0.2, 0.25) is 0 Å². The van der Waals surface area contributed by atoms with Crippen molar-refractivity contribution in [3.63, 3.8) is 0 Å². The lowest BCUT2D eigenvalue weighted by atomic mass is 10.1. The molecule has 0 saturated heterocycles. The van der Waals surface area contributed by atoms with Gasteiger partial charge in [-0.05, 0) is 38.0 Å². The zero-order chi connectivity index (χ0) is 17.0. The Morgan fingerprint density at radius 2 is 1.96 bits per heavy atom. The van der Waals surface area contributed by atoms with Crippen molar-refractivity contribution >= 4 is 17.4 Å². The van der Waals surface area contributed by atoms with Crippen LogP contribution >= 0.6 is 11.6 Å². The molecular weight excluding hydrogens is 314 g/mol. The summed E-state index contributed by atoms with van der Waals surface area (Å²) in [6.45, 7) is 6.13. The van der Waals surface area contributed by atoms with Crippen LogP contribution in [-0.2, 0) is 0 Å².